The molecule has 0 aromatic heterocycles. The number of rotatable bonds is 6. The Morgan fingerprint density at radius 3 is 2.62 bits per heavy atom. The van der Waals surface area contributed by atoms with Crippen LogP contribution in [0.3, 0.4) is 0 Å². The second-order valence-corrected chi connectivity index (χ2v) is 4.70. The van der Waals surface area contributed by atoms with Gasteiger partial charge in [0.05, 0.1) is 0 Å². The van der Waals surface area contributed by atoms with Gasteiger partial charge in [0.1, 0.15) is 5.82 Å². The van der Waals surface area contributed by atoms with Gasteiger partial charge in [0.2, 0.25) is 0 Å². The molecule has 0 spiro atoms. The maximum atomic E-state index is 13.7. The van der Waals surface area contributed by atoms with Crippen LogP contribution in [0.15, 0.2) is 48.5 Å². The Morgan fingerprint density at radius 1 is 1.14 bits per heavy atom. The summed E-state index contributed by atoms with van der Waals surface area (Å²) in [6.07, 6.45) is 0.725. The lowest BCUT2D eigenvalue weighted by molar-refractivity contribution is 0.0948. The third-order valence-corrected chi connectivity index (χ3v) is 3.08. The third kappa shape index (κ3) is 4.39. The van der Waals surface area contributed by atoms with Gasteiger partial charge in [-0.25, -0.2) is 4.39 Å². The van der Waals surface area contributed by atoms with Crippen LogP contribution in [0.25, 0.3) is 11.1 Å². The Balaban J connectivity index is 2.13. The summed E-state index contributed by atoms with van der Waals surface area (Å²) in [6, 6.07) is 13.8. The normalized spacial score (nSPS) is 10.4. The zero-order valence-corrected chi connectivity index (χ0v) is 11.9. The number of benzene rings is 2. The number of hydrogen-bond acceptors (Lipinski definition) is 2. The van der Waals surface area contributed by atoms with Crippen LogP contribution in [-0.2, 0) is 4.74 Å². The highest BCUT2D eigenvalue weighted by atomic mass is 19.1. The summed E-state index contributed by atoms with van der Waals surface area (Å²) in [5.74, 6) is -0.693. The predicted molar refractivity (Wildman–Crippen MR) is 80.7 cm³/mol. The molecule has 2 aromatic carbocycles. The van der Waals surface area contributed by atoms with E-state index < -0.39 is 5.82 Å². The molecular formula is C17H18FNO2. The minimum atomic E-state index is -0.418. The van der Waals surface area contributed by atoms with Gasteiger partial charge >= 0.3 is 0 Å². The molecule has 110 valence electrons. The third-order valence-electron chi connectivity index (χ3n) is 3.08. The van der Waals surface area contributed by atoms with Crippen molar-refractivity contribution in [2.24, 2.45) is 0 Å². The van der Waals surface area contributed by atoms with Crippen LogP contribution < -0.4 is 5.32 Å². The molecule has 2 aromatic rings. The molecule has 0 saturated carbocycles. The fraction of sp³-hybridized carbons (Fsp3) is 0.235. The van der Waals surface area contributed by atoms with Gasteiger partial charge in [-0.1, -0.05) is 30.3 Å². The summed E-state index contributed by atoms with van der Waals surface area (Å²) in [5.41, 5.74) is 1.90. The van der Waals surface area contributed by atoms with Crippen molar-refractivity contribution in [3.63, 3.8) is 0 Å². The van der Waals surface area contributed by atoms with Crippen molar-refractivity contribution in [2.45, 2.75) is 6.42 Å². The van der Waals surface area contributed by atoms with Crippen LogP contribution in [-0.4, -0.2) is 26.2 Å². The number of halogens is 1. The van der Waals surface area contributed by atoms with Gasteiger partial charge in [-0.2, -0.15) is 0 Å². The van der Waals surface area contributed by atoms with Crippen molar-refractivity contribution < 1.29 is 13.9 Å². The number of amides is 1. The smallest absolute Gasteiger partial charge is 0.251 e. The fourth-order valence-corrected chi connectivity index (χ4v) is 2.04. The summed E-state index contributed by atoms with van der Waals surface area (Å²) < 4.78 is 18.6. The molecule has 0 aliphatic rings. The van der Waals surface area contributed by atoms with E-state index in [9.17, 15) is 9.18 Å². The van der Waals surface area contributed by atoms with Crippen LogP contribution in [0, 0.1) is 5.82 Å². The molecule has 0 bridgehead atoms. The van der Waals surface area contributed by atoms with Gasteiger partial charge in [-0.15, -0.1) is 0 Å². The molecule has 0 saturated heterocycles. The van der Waals surface area contributed by atoms with Crippen molar-refractivity contribution in [3.8, 4) is 11.1 Å². The molecule has 2 rings (SSSR count). The van der Waals surface area contributed by atoms with Gasteiger partial charge in [0, 0.05) is 25.8 Å². The van der Waals surface area contributed by atoms with Gasteiger partial charge in [-0.05, 0) is 35.7 Å². The van der Waals surface area contributed by atoms with E-state index >= 15 is 0 Å². The highest BCUT2D eigenvalue weighted by molar-refractivity contribution is 5.95. The largest absolute Gasteiger partial charge is 0.385 e. The minimum absolute atomic E-state index is 0.275. The SMILES string of the molecule is COCCCNC(=O)c1cc(F)cc(-c2ccccc2)c1. The molecule has 4 heteroatoms. The second-order valence-electron chi connectivity index (χ2n) is 4.70. The molecule has 21 heavy (non-hydrogen) atoms. The first-order chi connectivity index (χ1) is 10.2. The molecule has 1 amide bonds. The van der Waals surface area contributed by atoms with Crippen LogP contribution in [0.2, 0.25) is 0 Å². The summed E-state index contributed by atoms with van der Waals surface area (Å²) in [7, 11) is 1.61. The number of methoxy groups -OCH3 is 1. The van der Waals surface area contributed by atoms with Gasteiger partial charge in [0.15, 0.2) is 0 Å². The molecule has 0 aliphatic heterocycles. The van der Waals surface area contributed by atoms with E-state index in [1.165, 1.54) is 12.1 Å². The summed E-state index contributed by atoms with van der Waals surface area (Å²) in [5, 5.41) is 2.75. The average Bonchev–Trinajstić information content (AvgIpc) is 2.51. The van der Waals surface area contributed by atoms with E-state index in [0.717, 1.165) is 12.0 Å². The lowest BCUT2D eigenvalue weighted by Crippen LogP contribution is -2.25. The zero-order valence-electron chi connectivity index (χ0n) is 11.9. The Hall–Kier alpha value is -2.20. The lowest BCUT2D eigenvalue weighted by Gasteiger charge is -2.08. The maximum absolute atomic E-state index is 13.7. The first-order valence-corrected chi connectivity index (χ1v) is 6.84. The number of ether oxygens (including phenoxy) is 1. The van der Waals surface area contributed by atoms with E-state index in [0.29, 0.717) is 24.3 Å². The molecule has 0 atom stereocenters. The Bertz CT molecular complexity index is 599. The second kappa shape index (κ2) is 7.55. The first-order valence-electron chi connectivity index (χ1n) is 6.84. The Labute approximate surface area is 123 Å². The van der Waals surface area contributed by atoms with Crippen molar-refractivity contribution in [2.75, 3.05) is 20.3 Å². The number of hydrogen-bond donors (Lipinski definition) is 1. The highest BCUT2D eigenvalue weighted by Crippen LogP contribution is 2.21. The molecule has 0 unspecified atom stereocenters. The highest BCUT2D eigenvalue weighted by Gasteiger charge is 2.09. The molecule has 0 fully saturated rings. The number of carbonyl (C=O) groups is 1. The Kier molecular flexibility index (Phi) is 5.46. The van der Waals surface area contributed by atoms with E-state index in [-0.39, 0.29) is 5.91 Å². The molecular weight excluding hydrogens is 269 g/mol. The van der Waals surface area contributed by atoms with Crippen LogP contribution in [0.5, 0.6) is 0 Å². The summed E-state index contributed by atoms with van der Waals surface area (Å²) >= 11 is 0. The summed E-state index contributed by atoms with van der Waals surface area (Å²) in [4.78, 5) is 12.0. The lowest BCUT2D eigenvalue weighted by atomic mass is 10.0. The zero-order chi connectivity index (χ0) is 15.1. The molecule has 0 aliphatic carbocycles. The standard InChI is InChI=1S/C17H18FNO2/c1-21-9-5-8-19-17(20)15-10-14(11-16(18)12-15)13-6-3-2-4-7-13/h2-4,6-7,10-12H,5,8-9H2,1H3,(H,19,20). The van der Waals surface area contributed by atoms with Crippen molar-refractivity contribution >= 4 is 5.91 Å². The van der Waals surface area contributed by atoms with Gasteiger partial charge in [0.25, 0.3) is 5.91 Å². The average molecular weight is 287 g/mol. The van der Waals surface area contributed by atoms with Crippen molar-refractivity contribution in [1.82, 2.24) is 5.32 Å². The number of carbonyl (C=O) groups excluding carboxylic acids is 1. The molecule has 0 radical (unpaired) electrons. The van der Waals surface area contributed by atoms with E-state index in [4.69, 9.17) is 4.74 Å². The van der Waals surface area contributed by atoms with Crippen molar-refractivity contribution in [3.05, 3.63) is 59.9 Å². The maximum Gasteiger partial charge on any atom is 0.251 e. The fourth-order valence-electron chi connectivity index (χ4n) is 2.04. The van der Waals surface area contributed by atoms with Crippen LogP contribution in [0.1, 0.15) is 16.8 Å². The van der Waals surface area contributed by atoms with Crippen LogP contribution in [0.4, 0.5) is 4.39 Å². The van der Waals surface area contributed by atoms with E-state index in [1.54, 1.807) is 13.2 Å². The molecule has 1 N–H and O–H groups in total. The predicted octanol–water partition coefficient (Wildman–Crippen LogP) is 3.26. The van der Waals surface area contributed by atoms with E-state index in [1.807, 2.05) is 30.3 Å². The molecule has 0 heterocycles. The quantitative estimate of drug-likeness (QED) is 0.828. The van der Waals surface area contributed by atoms with Gasteiger partial charge in [-0.3, -0.25) is 4.79 Å². The first kappa shape index (κ1) is 15.2. The van der Waals surface area contributed by atoms with Crippen LogP contribution >= 0.6 is 0 Å². The number of nitrogens with one attached hydrogen (secondary N) is 1. The molecule has 3 nitrogen and oxygen atoms in total. The monoisotopic (exact) mass is 287 g/mol. The Morgan fingerprint density at radius 2 is 1.90 bits per heavy atom. The minimum Gasteiger partial charge on any atom is -0.385 e. The van der Waals surface area contributed by atoms with E-state index in [2.05, 4.69) is 5.32 Å². The van der Waals surface area contributed by atoms with Crippen molar-refractivity contribution in [1.29, 1.82) is 0 Å². The topological polar surface area (TPSA) is 38.3 Å². The summed E-state index contributed by atoms with van der Waals surface area (Å²) in [6.45, 7) is 1.09. The van der Waals surface area contributed by atoms with Gasteiger partial charge < -0.3 is 10.1 Å².